The van der Waals surface area contributed by atoms with E-state index in [1.165, 1.54) is 0 Å². The van der Waals surface area contributed by atoms with Gasteiger partial charge < -0.3 is 10.0 Å². The van der Waals surface area contributed by atoms with Crippen molar-refractivity contribution in [2.24, 2.45) is 5.92 Å². The zero-order valence-electron chi connectivity index (χ0n) is 10.8. The maximum atomic E-state index is 9.11. The quantitative estimate of drug-likeness (QED) is 0.845. The predicted molar refractivity (Wildman–Crippen MR) is 68.1 cm³/mol. The minimum absolute atomic E-state index is 0.0944. The molecular weight excluding hydrogens is 214 g/mol. The Kier molecular flexibility index (Phi) is 3.33. The number of hydrogen-bond acceptors (Lipinski definition) is 4. The minimum Gasteiger partial charge on any atom is -0.396 e. The molecule has 2 heterocycles. The third-order valence-corrected chi connectivity index (χ3v) is 3.33. The van der Waals surface area contributed by atoms with Gasteiger partial charge in [-0.25, -0.2) is 9.97 Å². The summed E-state index contributed by atoms with van der Waals surface area (Å²) in [7, 11) is 0. The van der Waals surface area contributed by atoms with Gasteiger partial charge in [-0.3, -0.25) is 0 Å². The Bertz CT molecular complexity index is 369. The van der Waals surface area contributed by atoms with Crippen molar-refractivity contribution < 1.29 is 5.11 Å². The fraction of sp³-hybridized carbons (Fsp3) is 0.692. The van der Waals surface area contributed by atoms with Gasteiger partial charge in [-0.2, -0.15) is 0 Å². The first-order chi connectivity index (χ1) is 8.00. The molecule has 1 aliphatic rings. The summed E-state index contributed by atoms with van der Waals surface area (Å²) < 4.78 is 0. The molecule has 1 saturated heterocycles. The number of anilines is 1. The standard InChI is InChI=1S/C13H21N3O/c1-13(2,3)11-6-14-12(15-7-11)16-5-4-10(8-16)9-17/h6-7,10,17H,4-5,8-9H2,1-3H3. The second kappa shape index (κ2) is 4.61. The SMILES string of the molecule is CC(C)(C)c1cnc(N2CCC(CO)C2)nc1. The van der Waals surface area contributed by atoms with Crippen molar-refractivity contribution in [3.8, 4) is 0 Å². The number of aliphatic hydroxyl groups is 1. The van der Waals surface area contributed by atoms with E-state index < -0.39 is 0 Å². The third kappa shape index (κ3) is 2.75. The molecule has 0 amide bonds. The van der Waals surface area contributed by atoms with Crippen LogP contribution in [-0.2, 0) is 5.41 Å². The van der Waals surface area contributed by atoms with E-state index >= 15 is 0 Å². The van der Waals surface area contributed by atoms with Gasteiger partial charge in [0.1, 0.15) is 0 Å². The summed E-state index contributed by atoms with van der Waals surface area (Å²) in [4.78, 5) is 11.0. The molecule has 1 aliphatic heterocycles. The molecule has 0 spiro atoms. The third-order valence-electron chi connectivity index (χ3n) is 3.33. The van der Waals surface area contributed by atoms with Gasteiger partial charge in [0.05, 0.1) is 0 Å². The van der Waals surface area contributed by atoms with Gasteiger partial charge >= 0.3 is 0 Å². The zero-order valence-corrected chi connectivity index (χ0v) is 10.8. The second-order valence-corrected chi connectivity index (χ2v) is 5.81. The number of rotatable bonds is 2. The van der Waals surface area contributed by atoms with Crippen molar-refractivity contribution in [2.75, 3.05) is 24.6 Å². The second-order valence-electron chi connectivity index (χ2n) is 5.81. The van der Waals surface area contributed by atoms with Crippen LogP contribution in [0.5, 0.6) is 0 Å². The molecule has 0 aliphatic carbocycles. The lowest BCUT2D eigenvalue weighted by molar-refractivity contribution is 0.238. The molecule has 1 fully saturated rings. The van der Waals surface area contributed by atoms with E-state index in [2.05, 4.69) is 35.6 Å². The fourth-order valence-corrected chi connectivity index (χ4v) is 2.04. The highest BCUT2D eigenvalue weighted by molar-refractivity contribution is 5.32. The van der Waals surface area contributed by atoms with Crippen LogP contribution in [0.25, 0.3) is 0 Å². The monoisotopic (exact) mass is 235 g/mol. The van der Waals surface area contributed by atoms with Crippen molar-refractivity contribution in [3.63, 3.8) is 0 Å². The minimum atomic E-state index is 0.0944. The van der Waals surface area contributed by atoms with E-state index in [9.17, 15) is 0 Å². The number of nitrogens with zero attached hydrogens (tertiary/aromatic N) is 3. The fourth-order valence-electron chi connectivity index (χ4n) is 2.04. The first kappa shape index (κ1) is 12.3. The molecule has 1 unspecified atom stereocenters. The molecule has 4 heteroatoms. The van der Waals surface area contributed by atoms with E-state index in [1.807, 2.05) is 12.4 Å². The van der Waals surface area contributed by atoms with E-state index in [0.717, 1.165) is 31.0 Å². The Morgan fingerprint density at radius 1 is 1.35 bits per heavy atom. The summed E-state index contributed by atoms with van der Waals surface area (Å²) in [5.41, 5.74) is 1.25. The maximum Gasteiger partial charge on any atom is 0.225 e. The number of aromatic nitrogens is 2. The van der Waals surface area contributed by atoms with Gasteiger partial charge in [-0.15, -0.1) is 0 Å². The number of aliphatic hydroxyl groups excluding tert-OH is 1. The molecule has 1 aromatic heterocycles. The van der Waals surface area contributed by atoms with Crippen LogP contribution in [0.1, 0.15) is 32.8 Å². The van der Waals surface area contributed by atoms with Crippen LogP contribution in [0, 0.1) is 5.92 Å². The van der Waals surface area contributed by atoms with Gasteiger partial charge in [0.15, 0.2) is 0 Å². The van der Waals surface area contributed by atoms with Crippen molar-refractivity contribution in [1.82, 2.24) is 9.97 Å². The maximum absolute atomic E-state index is 9.11. The van der Waals surface area contributed by atoms with Gasteiger partial charge in [-0.05, 0) is 17.4 Å². The predicted octanol–water partition coefficient (Wildman–Crippen LogP) is 1.59. The van der Waals surface area contributed by atoms with Crippen LogP contribution in [0.2, 0.25) is 0 Å². The average molecular weight is 235 g/mol. The largest absolute Gasteiger partial charge is 0.396 e. The van der Waals surface area contributed by atoms with Crippen LogP contribution < -0.4 is 4.90 Å². The van der Waals surface area contributed by atoms with Crippen molar-refractivity contribution in [3.05, 3.63) is 18.0 Å². The van der Waals surface area contributed by atoms with E-state index in [0.29, 0.717) is 5.92 Å². The first-order valence-corrected chi connectivity index (χ1v) is 6.19. The van der Waals surface area contributed by atoms with Crippen LogP contribution in [-0.4, -0.2) is 34.8 Å². The van der Waals surface area contributed by atoms with Gasteiger partial charge in [0.2, 0.25) is 5.95 Å². The Morgan fingerprint density at radius 2 is 2.00 bits per heavy atom. The lowest BCUT2D eigenvalue weighted by Gasteiger charge is -2.20. The summed E-state index contributed by atoms with van der Waals surface area (Å²) in [6.45, 7) is 8.54. The summed E-state index contributed by atoms with van der Waals surface area (Å²) in [6, 6.07) is 0. The molecule has 0 radical (unpaired) electrons. The summed E-state index contributed by atoms with van der Waals surface area (Å²) in [5.74, 6) is 1.16. The van der Waals surface area contributed by atoms with E-state index in [-0.39, 0.29) is 12.0 Å². The summed E-state index contributed by atoms with van der Waals surface area (Å²) in [6.07, 6.45) is 4.85. The van der Waals surface area contributed by atoms with Crippen LogP contribution in [0.3, 0.4) is 0 Å². The molecule has 1 atom stereocenters. The average Bonchev–Trinajstić information content (AvgIpc) is 2.76. The molecule has 17 heavy (non-hydrogen) atoms. The molecule has 94 valence electrons. The summed E-state index contributed by atoms with van der Waals surface area (Å²) >= 11 is 0. The molecule has 1 N–H and O–H groups in total. The van der Waals surface area contributed by atoms with Gasteiger partial charge in [-0.1, -0.05) is 20.8 Å². The lowest BCUT2D eigenvalue weighted by Crippen LogP contribution is -2.23. The highest BCUT2D eigenvalue weighted by Gasteiger charge is 2.24. The molecule has 2 rings (SSSR count). The molecule has 0 saturated carbocycles. The smallest absolute Gasteiger partial charge is 0.225 e. The Morgan fingerprint density at radius 3 is 2.47 bits per heavy atom. The Balaban J connectivity index is 2.09. The topological polar surface area (TPSA) is 49.2 Å². The molecule has 0 aromatic carbocycles. The molecule has 4 nitrogen and oxygen atoms in total. The Labute approximate surface area is 103 Å². The molecule has 1 aromatic rings. The first-order valence-electron chi connectivity index (χ1n) is 6.19. The molecule has 0 bridgehead atoms. The van der Waals surface area contributed by atoms with Crippen LogP contribution in [0.4, 0.5) is 5.95 Å². The van der Waals surface area contributed by atoms with Gasteiger partial charge in [0, 0.05) is 38.0 Å². The van der Waals surface area contributed by atoms with Crippen molar-refractivity contribution in [2.45, 2.75) is 32.6 Å². The summed E-state index contributed by atoms with van der Waals surface area (Å²) in [5, 5.41) is 9.11. The highest BCUT2D eigenvalue weighted by atomic mass is 16.3. The van der Waals surface area contributed by atoms with Crippen molar-refractivity contribution >= 4 is 5.95 Å². The van der Waals surface area contributed by atoms with Crippen LogP contribution in [0.15, 0.2) is 12.4 Å². The lowest BCUT2D eigenvalue weighted by atomic mass is 9.89. The highest BCUT2D eigenvalue weighted by Crippen LogP contribution is 2.23. The van der Waals surface area contributed by atoms with E-state index in [4.69, 9.17) is 5.11 Å². The normalized spacial score (nSPS) is 20.9. The van der Waals surface area contributed by atoms with Crippen LogP contribution >= 0.6 is 0 Å². The Hall–Kier alpha value is -1.16. The molecular formula is C13H21N3O. The van der Waals surface area contributed by atoms with Gasteiger partial charge in [0.25, 0.3) is 0 Å². The number of hydrogen-bond donors (Lipinski definition) is 1. The van der Waals surface area contributed by atoms with E-state index in [1.54, 1.807) is 0 Å². The van der Waals surface area contributed by atoms with Crippen molar-refractivity contribution in [1.29, 1.82) is 0 Å². The zero-order chi connectivity index (χ0) is 12.5.